The molecule has 1 saturated heterocycles. The lowest BCUT2D eigenvalue weighted by molar-refractivity contribution is -0.127. The zero-order valence-electron chi connectivity index (χ0n) is 9.14. The van der Waals surface area contributed by atoms with E-state index in [-0.39, 0.29) is 18.0 Å². The Labute approximate surface area is 92.9 Å². The summed E-state index contributed by atoms with van der Waals surface area (Å²) in [6.45, 7) is 1.62. The molecule has 0 aliphatic carbocycles. The summed E-state index contributed by atoms with van der Waals surface area (Å²) in [6, 6.07) is 0. The third-order valence-corrected chi connectivity index (χ3v) is 2.66. The molecular formula is C10H14N4O2. The molecule has 1 N–H and O–H groups in total. The second-order valence-corrected chi connectivity index (χ2v) is 3.83. The maximum Gasteiger partial charge on any atom is 0.290 e. The van der Waals surface area contributed by atoms with Crippen molar-refractivity contribution in [1.82, 2.24) is 14.9 Å². The number of aromatic nitrogens is 2. The summed E-state index contributed by atoms with van der Waals surface area (Å²) in [7, 11) is 1.77. The summed E-state index contributed by atoms with van der Waals surface area (Å²) in [6.07, 6.45) is 3.85. The number of H-pyrrole nitrogens is 1. The summed E-state index contributed by atoms with van der Waals surface area (Å²) in [5.74, 6) is 0.341. The van der Waals surface area contributed by atoms with Crippen molar-refractivity contribution in [2.75, 3.05) is 31.6 Å². The number of nitrogens with one attached hydrogen (secondary N) is 1. The summed E-state index contributed by atoms with van der Waals surface area (Å²) in [5, 5.41) is 0. The van der Waals surface area contributed by atoms with Gasteiger partial charge in [-0.25, -0.2) is 4.98 Å². The van der Waals surface area contributed by atoms with Gasteiger partial charge in [-0.2, -0.15) is 0 Å². The molecule has 0 bridgehead atoms. The van der Waals surface area contributed by atoms with Gasteiger partial charge in [0.25, 0.3) is 5.56 Å². The van der Waals surface area contributed by atoms with Crippen molar-refractivity contribution < 1.29 is 4.79 Å². The van der Waals surface area contributed by atoms with E-state index in [9.17, 15) is 9.59 Å². The number of amides is 1. The molecule has 0 aromatic carbocycles. The monoisotopic (exact) mass is 222 g/mol. The van der Waals surface area contributed by atoms with Crippen LogP contribution in [0, 0.1) is 0 Å². The van der Waals surface area contributed by atoms with Crippen molar-refractivity contribution in [1.29, 1.82) is 0 Å². The number of rotatable bonds is 1. The van der Waals surface area contributed by atoms with Gasteiger partial charge in [-0.15, -0.1) is 0 Å². The first-order chi connectivity index (χ1) is 7.68. The van der Waals surface area contributed by atoms with Gasteiger partial charge >= 0.3 is 0 Å². The van der Waals surface area contributed by atoms with E-state index < -0.39 is 0 Å². The van der Waals surface area contributed by atoms with E-state index in [4.69, 9.17) is 0 Å². The number of carbonyl (C=O) groups excluding carboxylic acids is 1. The quantitative estimate of drug-likeness (QED) is 0.691. The standard InChI is InChI=1S/C10H14N4O2/c1-13-5-2-6-14(7-8(13)15)9-10(16)12-4-3-11-9/h3-4H,2,5-7H2,1H3,(H,12,16). The SMILES string of the molecule is CN1CCCN(c2ncc[nH]c2=O)CC1=O. The van der Waals surface area contributed by atoms with Crippen molar-refractivity contribution in [3.05, 3.63) is 22.7 Å². The second kappa shape index (κ2) is 4.34. The number of nitrogens with zero attached hydrogens (tertiary/aromatic N) is 3. The van der Waals surface area contributed by atoms with E-state index in [0.29, 0.717) is 12.4 Å². The van der Waals surface area contributed by atoms with Gasteiger partial charge in [-0.3, -0.25) is 9.59 Å². The topological polar surface area (TPSA) is 69.3 Å². The molecule has 0 unspecified atom stereocenters. The van der Waals surface area contributed by atoms with Crippen LogP contribution >= 0.6 is 0 Å². The number of likely N-dealkylation sites (N-methyl/N-ethyl adjacent to an activating group) is 1. The molecule has 0 radical (unpaired) electrons. The smallest absolute Gasteiger partial charge is 0.290 e. The Balaban J connectivity index is 2.25. The summed E-state index contributed by atoms with van der Waals surface area (Å²) in [5.41, 5.74) is -0.250. The Morgan fingerprint density at radius 1 is 1.38 bits per heavy atom. The van der Waals surface area contributed by atoms with Gasteiger partial charge in [-0.1, -0.05) is 0 Å². The fraction of sp³-hybridized carbons (Fsp3) is 0.500. The van der Waals surface area contributed by atoms with Crippen molar-refractivity contribution in [2.24, 2.45) is 0 Å². The first-order valence-corrected chi connectivity index (χ1v) is 5.21. The molecule has 1 aliphatic rings. The second-order valence-electron chi connectivity index (χ2n) is 3.83. The molecule has 2 heterocycles. The Hall–Kier alpha value is -1.85. The van der Waals surface area contributed by atoms with Gasteiger partial charge in [-0.05, 0) is 6.42 Å². The zero-order chi connectivity index (χ0) is 11.5. The Bertz CT molecular complexity index is 442. The van der Waals surface area contributed by atoms with Crippen LogP contribution in [0.2, 0.25) is 0 Å². The molecule has 0 atom stereocenters. The van der Waals surface area contributed by atoms with Crippen LogP contribution in [0.5, 0.6) is 0 Å². The number of hydrogen-bond acceptors (Lipinski definition) is 4. The van der Waals surface area contributed by atoms with Crippen LogP contribution in [-0.4, -0.2) is 47.5 Å². The lowest BCUT2D eigenvalue weighted by Crippen LogP contribution is -2.37. The average molecular weight is 222 g/mol. The lowest BCUT2D eigenvalue weighted by atomic mass is 10.4. The predicted molar refractivity (Wildman–Crippen MR) is 59.3 cm³/mol. The lowest BCUT2D eigenvalue weighted by Gasteiger charge is -2.19. The molecule has 1 fully saturated rings. The molecule has 16 heavy (non-hydrogen) atoms. The van der Waals surface area contributed by atoms with E-state index in [1.807, 2.05) is 0 Å². The minimum Gasteiger partial charge on any atom is -0.344 e. The van der Waals surface area contributed by atoms with E-state index in [0.717, 1.165) is 13.0 Å². The highest BCUT2D eigenvalue weighted by Gasteiger charge is 2.21. The minimum absolute atomic E-state index is 0.0163. The normalized spacial score (nSPS) is 17.4. The molecular weight excluding hydrogens is 208 g/mol. The van der Waals surface area contributed by atoms with Crippen LogP contribution in [0.4, 0.5) is 5.82 Å². The molecule has 6 nitrogen and oxygen atoms in total. The molecule has 0 spiro atoms. The van der Waals surface area contributed by atoms with Gasteiger partial charge in [0.05, 0.1) is 6.54 Å². The molecule has 0 saturated carbocycles. The fourth-order valence-electron chi connectivity index (χ4n) is 1.74. The first-order valence-electron chi connectivity index (χ1n) is 5.21. The Morgan fingerprint density at radius 2 is 2.19 bits per heavy atom. The largest absolute Gasteiger partial charge is 0.344 e. The zero-order valence-corrected chi connectivity index (χ0v) is 9.14. The third kappa shape index (κ3) is 2.05. The number of aromatic amines is 1. The van der Waals surface area contributed by atoms with Crippen LogP contribution in [0.25, 0.3) is 0 Å². The minimum atomic E-state index is -0.250. The summed E-state index contributed by atoms with van der Waals surface area (Å²) < 4.78 is 0. The van der Waals surface area contributed by atoms with Crippen LogP contribution < -0.4 is 10.5 Å². The number of hydrogen-bond donors (Lipinski definition) is 1. The molecule has 6 heteroatoms. The first kappa shape index (κ1) is 10.7. The molecule has 1 aliphatic heterocycles. The fourth-order valence-corrected chi connectivity index (χ4v) is 1.74. The highest BCUT2D eigenvalue weighted by atomic mass is 16.2. The number of anilines is 1. The van der Waals surface area contributed by atoms with Crippen molar-refractivity contribution >= 4 is 11.7 Å². The van der Waals surface area contributed by atoms with Gasteiger partial charge in [0.15, 0.2) is 5.82 Å². The summed E-state index contributed by atoms with van der Waals surface area (Å²) in [4.78, 5) is 33.2. The van der Waals surface area contributed by atoms with E-state index in [1.54, 1.807) is 16.8 Å². The maximum atomic E-state index is 11.7. The van der Waals surface area contributed by atoms with Gasteiger partial charge in [0, 0.05) is 32.5 Å². The Kier molecular flexibility index (Phi) is 2.89. The van der Waals surface area contributed by atoms with Gasteiger partial charge in [0.2, 0.25) is 5.91 Å². The van der Waals surface area contributed by atoms with Crippen LogP contribution in [0.15, 0.2) is 17.2 Å². The molecule has 2 rings (SSSR count). The van der Waals surface area contributed by atoms with Gasteiger partial charge < -0.3 is 14.8 Å². The van der Waals surface area contributed by atoms with Gasteiger partial charge in [0.1, 0.15) is 0 Å². The van der Waals surface area contributed by atoms with E-state index >= 15 is 0 Å². The molecule has 1 aromatic heterocycles. The number of carbonyl (C=O) groups is 1. The molecule has 1 amide bonds. The Morgan fingerprint density at radius 3 is 2.94 bits per heavy atom. The van der Waals surface area contributed by atoms with Crippen molar-refractivity contribution in [2.45, 2.75) is 6.42 Å². The molecule has 86 valence electrons. The maximum absolute atomic E-state index is 11.7. The third-order valence-electron chi connectivity index (χ3n) is 2.66. The highest BCUT2D eigenvalue weighted by Crippen LogP contribution is 2.08. The van der Waals surface area contributed by atoms with Crippen LogP contribution in [0.3, 0.4) is 0 Å². The predicted octanol–water partition coefficient (Wildman–Crippen LogP) is -0.562. The van der Waals surface area contributed by atoms with E-state index in [2.05, 4.69) is 9.97 Å². The summed E-state index contributed by atoms with van der Waals surface area (Å²) >= 11 is 0. The van der Waals surface area contributed by atoms with E-state index in [1.165, 1.54) is 12.4 Å². The van der Waals surface area contributed by atoms with Crippen molar-refractivity contribution in [3.63, 3.8) is 0 Å². The average Bonchev–Trinajstić information content (AvgIpc) is 2.43. The van der Waals surface area contributed by atoms with Crippen LogP contribution in [-0.2, 0) is 4.79 Å². The molecule has 1 aromatic rings. The van der Waals surface area contributed by atoms with Crippen molar-refractivity contribution in [3.8, 4) is 0 Å². The highest BCUT2D eigenvalue weighted by molar-refractivity contribution is 5.81. The van der Waals surface area contributed by atoms with Crippen LogP contribution in [0.1, 0.15) is 6.42 Å².